The van der Waals surface area contributed by atoms with Gasteiger partial charge in [-0.15, -0.1) is 0 Å². The van der Waals surface area contributed by atoms with Gasteiger partial charge in [0.05, 0.1) is 6.61 Å². The summed E-state index contributed by atoms with van der Waals surface area (Å²) in [5.41, 5.74) is 8.30. The molecule has 0 aromatic carbocycles. The molecule has 8 heteroatoms. The minimum atomic E-state index is -1.18. The van der Waals surface area contributed by atoms with Gasteiger partial charge in [0.2, 0.25) is 5.91 Å². The van der Waals surface area contributed by atoms with E-state index >= 15 is 0 Å². The number of rotatable bonds is 7. The molecule has 1 fully saturated rings. The number of azide groups is 1. The van der Waals surface area contributed by atoms with Crippen LogP contribution in [0, 0.1) is 0 Å². The lowest BCUT2D eigenvalue weighted by Gasteiger charge is -2.33. The van der Waals surface area contributed by atoms with Crippen molar-refractivity contribution in [2.45, 2.75) is 50.6 Å². The van der Waals surface area contributed by atoms with Crippen molar-refractivity contribution in [1.82, 2.24) is 5.32 Å². The Balaban J connectivity index is 2.20. The second-order valence-corrected chi connectivity index (χ2v) is 11.5. The summed E-state index contributed by atoms with van der Waals surface area (Å²) < 4.78 is 5.14. The summed E-state index contributed by atoms with van der Waals surface area (Å²) in [7, 11) is -1.18. The Bertz CT molecular complexity index is 399. The Morgan fingerprint density at radius 1 is 1.53 bits per heavy atom. The lowest BCUT2D eigenvalue weighted by atomic mass is 9.95. The van der Waals surface area contributed by atoms with E-state index in [9.17, 15) is 9.59 Å². The Hall–Kier alpha value is -1.53. The molecular weight excluding hydrogens is 264 g/mol. The predicted molar refractivity (Wildman–Crippen MR) is 73.2 cm³/mol. The molecule has 0 bridgehead atoms. The molecule has 1 saturated heterocycles. The maximum absolute atomic E-state index is 11.5. The molecule has 1 amide bonds. The molecule has 0 spiro atoms. The topological polar surface area (TPSA) is 104 Å². The zero-order valence-electron chi connectivity index (χ0n) is 11.5. The highest BCUT2D eigenvalue weighted by atomic mass is 28.3. The normalized spacial score (nSPS) is 21.9. The lowest BCUT2D eigenvalue weighted by molar-refractivity contribution is -0.144. The summed E-state index contributed by atoms with van der Waals surface area (Å²) in [6, 6.07) is 0.0213. The summed E-state index contributed by atoms with van der Waals surface area (Å²) in [6.45, 7) is 7.12. The van der Waals surface area contributed by atoms with Crippen LogP contribution >= 0.6 is 0 Å². The van der Waals surface area contributed by atoms with Crippen LogP contribution in [0.4, 0.5) is 0 Å². The molecule has 1 aliphatic heterocycles. The Kier molecular flexibility index (Phi) is 5.38. The van der Waals surface area contributed by atoms with Gasteiger partial charge >= 0.3 is 5.97 Å². The molecule has 0 radical (unpaired) electrons. The van der Waals surface area contributed by atoms with Crippen LogP contribution in [0.2, 0.25) is 25.7 Å². The summed E-state index contributed by atoms with van der Waals surface area (Å²) >= 11 is 0. The van der Waals surface area contributed by atoms with Gasteiger partial charge in [-0.1, -0.05) is 24.8 Å². The van der Waals surface area contributed by atoms with Crippen molar-refractivity contribution in [3.05, 3.63) is 10.4 Å². The number of carbonyl (C=O) groups excluding carboxylic acids is 2. The molecule has 19 heavy (non-hydrogen) atoms. The quantitative estimate of drug-likeness (QED) is 0.192. The van der Waals surface area contributed by atoms with Crippen LogP contribution in [0.5, 0.6) is 0 Å². The third-order valence-corrected chi connectivity index (χ3v) is 4.63. The van der Waals surface area contributed by atoms with Gasteiger partial charge in [0.15, 0.2) is 0 Å². The van der Waals surface area contributed by atoms with E-state index in [2.05, 4.69) is 35.0 Å². The van der Waals surface area contributed by atoms with Gasteiger partial charge in [0, 0.05) is 25.4 Å². The molecule has 0 aliphatic carbocycles. The summed E-state index contributed by atoms with van der Waals surface area (Å²) in [5, 5.41) is 6.00. The molecule has 0 aromatic rings. The van der Waals surface area contributed by atoms with Gasteiger partial charge in [-0.05, 0) is 18.0 Å². The van der Waals surface area contributed by atoms with Crippen LogP contribution in [-0.2, 0) is 14.3 Å². The van der Waals surface area contributed by atoms with E-state index in [1.54, 1.807) is 0 Å². The third-order valence-electron chi connectivity index (χ3n) is 2.93. The number of ether oxygens (including phenoxy) is 1. The zero-order valence-corrected chi connectivity index (χ0v) is 12.5. The molecular formula is C11H20N4O3Si. The van der Waals surface area contributed by atoms with Crippen molar-refractivity contribution in [3.8, 4) is 0 Å². The molecule has 106 valence electrons. The molecule has 1 heterocycles. The van der Waals surface area contributed by atoms with Crippen molar-refractivity contribution in [1.29, 1.82) is 0 Å². The van der Waals surface area contributed by atoms with Gasteiger partial charge in [-0.2, -0.15) is 0 Å². The molecule has 0 saturated carbocycles. The fraction of sp³-hybridized carbons (Fsp3) is 0.818. The lowest BCUT2D eigenvalue weighted by Crippen LogP contribution is -2.61. The van der Waals surface area contributed by atoms with Crippen LogP contribution in [0.25, 0.3) is 10.4 Å². The Labute approximate surface area is 113 Å². The van der Waals surface area contributed by atoms with E-state index in [0.29, 0.717) is 13.0 Å². The van der Waals surface area contributed by atoms with Crippen LogP contribution in [0.15, 0.2) is 5.11 Å². The first kappa shape index (κ1) is 15.5. The number of nitrogens with one attached hydrogen (secondary N) is 1. The second kappa shape index (κ2) is 6.58. The van der Waals surface area contributed by atoms with Crippen molar-refractivity contribution < 1.29 is 14.3 Å². The maximum atomic E-state index is 11.5. The van der Waals surface area contributed by atoms with E-state index in [1.807, 2.05) is 0 Å². The highest BCUT2D eigenvalue weighted by molar-refractivity contribution is 6.76. The van der Waals surface area contributed by atoms with E-state index in [1.165, 1.54) is 0 Å². The van der Waals surface area contributed by atoms with E-state index < -0.39 is 14.1 Å². The molecule has 1 N–H and O–H groups in total. The number of carbonyl (C=O) groups is 2. The average molecular weight is 284 g/mol. The molecule has 0 aromatic heterocycles. The molecule has 1 aliphatic rings. The minimum Gasteiger partial charge on any atom is -0.466 e. The fourth-order valence-corrected chi connectivity index (χ4v) is 2.38. The predicted octanol–water partition coefficient (Wildman–Crippen LogP) is 1.83. The SMILES string of the molecule is C[Si](C)(C)CCOC(=O)CC[C@H]1NC(=O)[C@@H]1N=[N+]=[N-]. The van der Waals surface area contributed by atoms with Gasteiger partial charge in [-0.3, -0.25) is 9.59 Å². The highest BCUT2D eigenvalue weighted by Gasteiger charge is 2.38. The summed E-state index contributed by atoms with van der Waals surface area (Å²) in [6.07, 6.45) is 0.676. The van der Waals surface area contributed by atoms with Crippen LogP contribution in [-0.4, -0.2) is 38.6 Å². The van der Waals surface area contributed by atoms with Crippen molar-refractivity contribution in [3.63, 3.8) is 0 Å². The second-order valence-electron chi connectivity index (χ2n) is 5.83. The fourth-order valence-electron chi connectivity index (χ4n) is 1.67. The highest BCUT2D eigenvalue weighted by Crippen LogP contribution is 2.16. The van der Waals surface area contributed by atoms with Crippen LogP contribution < -0.4 is 5.32 Å². The number of hydrogen-bond acceptors (Lipinski definition) is 4. The smallest absolute Gasteiger partial charge is 0.305 e. The standard InChI is InChI=1S/C11H20N4O3Si/c1-19(2,3)7-6-18-9(16)5-4-8-10(14-15-12)11(17)13-8/h8,10H,4-7H2,1-3H3,(H,13,17)/t8-,10-/m1/s1. The Morgan fingerprint density at radius 2 is 2.21 bits per heavy atom. The number of amides is 1. The van der Waals surface area contributed by atoms with E-state index in [4.69, 9.17) is 10.3 Å². The maximum Gasteiger partial charge on any atom is 0.305 e. The van der Waals surface area contributed by atoms with Crippen molar-refractivity contribution in [2.75, 3.05) is 6.61 Å². The first-order valence-electron chi connectivity index (χ1n) is 6.34. The summed E-state index contributed by atoms with van der Waals surface area (Å²) in [5.74, 6) is -0.547. The van der Waals surface area contributed by atoms with Gasteiger partial charge < -0.3 is 10.1 Å². The number of nitrogens with zero attached hydrogens (tertiary/aromatic N) is 3. The number of β-lactam (4-membered cyclic amide) rings is 1. The molecule has 7 nitrogen and oxygen atoms in total. The van der Waals surface area contributed by atoms with Crippen molar-refractivity contribution in [2.24, 2.45) is 5.11 Å². The van der Waals surface area contributed by atoms with Gasteiger partial charge in [-0.25, -0.2) is 0 Å². The van der Waals surface area contributed by atoms with Crippen LogP contribution in [0.3, 0.4) is 0 Å². The van der Waals surface area contributed by atoms with Gasteiger partial charge in [0.25, 0.3) is 0 Å². The third kappa shape index (κ3) is 5.31. The largest absolute Gasteiger partial charge is 0.466 e. The number of hydrogen-bond donors (Lipinski definition) is 1. The van der Waals surface area contributed by atoms with Crippen molar-refractivity contribution >= 4 is 20.0 Å². The Morgan fingerprint density at radius 3 is 2.74 bits per heavy atom. The summed E-state index contributed by atoms with van der Waals surface area (Å²) in [4.78, 5) is 25.2. The first-order valence-corrected chi connectivity index (χ1v) is 10.0. The first-order chi connectivity index (χ1) is 8.83. The van der Waals surface area contributed by atoms with E-state index in [-0.39, 0.29) is 24.3 Å². The molecule has 0 unspecified atom stereocenters. The van der Waals surface area contributed by atoms with E-state index in [0.717, 1.165) is 6.04 Å². The monoisotopic (exact) mass is 284 g/mol. The zero-order chi connectivity index (χ0) is 14.5. The number of esters is 1. The van der Waals surface area contributed by atoms with Crippen LogP contribution in [0.1, 0.15) is 12.8 Å². The average Bonchev–Trinajstić information content (AvgIpc) is 2.29. The van der Waals surface area contributed by atoms with Gasteiger partial charge in [0.1, 0.15) is 6.04 Å². The molecule has 1 rings (SSSR count). The minimum absolute atomic E-state index is 0.230. The molecule has 2 atom stereocenters.